The van der Waals surface area contributed by atoms with Gasteiger partial charge in [-0.25, -0.2) is 0 Å². The van der Waals surface area contributed by atoms with Crippen molar-refractivity contribution >= 4 is 11.6 Å². The lowest BCUT2D eigenvalue weighted by molar-refractivity contribution is 0.102. The van der Waals surface area contributed by atoms with Crippen molar-refractivity contribution in [2.45, 2.75) is 130 Å². The number of benzene rings is 6. The van der Waals surface area contributed by atoms with Crippen molar-refractivity contribution in [1.29, 1.82) is 0 Å². The minimum Gasteiger partial charge on any atom is -0.322 e. The molecule has 308 valence electrons. The van der Waals surface area contributed by atoms with Crippen LogP contribution in [0.25, 0.3) is 11.1 Å². The van der Waals surface area contributed by atoms with Crippen LogP contribution in [0.5, 0.6) is 0 Å². The van der Waals surface area contributed by atoms with Crippen molar-refractivity contribution in [2.75, 3.05) is 5.32 Å². The van der Waals surface area contributed by atoms with Crippen molar-refractivity contribution in [3.05, 3.63) is 193 Å². The summed E-state index contributed by atoms with van der Waals surface area (Å²) in [5.74, 6) is -0.0751. The van der Waals surface area contributed by atoms with E-state index in [2.05, 4.69) is 135 Å². The first-order chi connectivity index (χ1) is 26.8. The summed E-state index contributed by atoms with van der Waals surface area (Å²) in [6, 6.07) is 38.3. The van der Waals surface area contributed by atoms with E-state index in [9.17, 15) is 4.79 Å². The molecule has 0 saturated carbocycles. The highest BCUT2D eigenvalue weighted by atomic mass is 16.1. The molecule has 0 unspecified atom stereocenters. The van der Waals surface area contributed by atoms with Gasteiger partial charge in [-0.15, -0.1) is 0 Å². The molecule has 0 saturated heterocycles. The van der Waals surface area contributed by atoms with Crippen LogP contribution in [0.4, 0.5) is 5.69 Å². The normalized spacial score (nSPS) is 10.2. The first-order valence-electron chi connectivity index (χ1n) is 20.6. The summed E-state index contributed by atoms with van der Waals surface area (Å²) < 4.78 is 0. The zero-order valence-electron chi connectivity index (χ0n) is 36.3. The maximum Gasteiger partial charge on any atom is 0.255 e. The van der Waals surface area contributed by atoms with Gasteiger partial charge in [-0.1, -0.05) is 139 Å². The Morgan fingerprint density at radius 2 is 0.776 bits per heavy atom. The monoisotopic (exact) mass is 776 g/mol. The largest absolute Gasteiger partial charge is 0.322 e. The summed E-state index contributed by atoms with van der Waals surface area (Å²) >= 11 is 0. The Morgan fingerprint density at radius 3 is 1.10 bits per heavy atom. The average Bonchev–Trinajstić information content (AvgIpc) is 3.19. The highest BCUT2D eigenvalue weighted by Gasteiger charge is 2.10. The van der Waals surface area contributed by atoms with E-state index in [0.29, 0.717) is 5.56 Å². The molecule has 6 aromatic rings. The SMILES string of the molecule is C.C.CCc1cc(Cc2cc(CC)c(C)c(CC)c2)cc(CC)c1C.Cc1ccc(-c2ccc(C)c(C)c2)cc1C.Cc1ccc(NC(=O)c2ccc(C)cc2)cc1. The second-order valence-electron chi connectivity index (χ2n) is 15.5. The van der Waals surface area contributed by atoms with Gasteiger partial charge in [-0.2, -0.15) is 0 Å². The highest BCUT2D eigenvalue weighted by molar-refractivity contribution is 6.04. The van der Waals surface area contributed by atoms with Crippen LogP contribution in [0.2, 0.25) is 0 Å². The van der Waals surface area contributed by atoms with Crippen LogP contribution in [0.1, 0.15) is 131 Å². The van der Waals surface area contributed by atoms with Crippen molar-refractivity contribution in [1.82, 2.24) is 0 Å². The molecule has 0 spiro atoms. The van der Waals surface area contributed by atoms with Crippen LogP contribution in [-0.2, 0) is 32.1 Å². The molecule has 0 aliphatic rings. The summed E-state index contributed by atoms with van der Waals surface area (Å²) in [6.07, 6.45) is 5.56. The molecule has 6 rings (SSSR count). The number of rotatable bonds is 9. The lowest BCUT2D eigenvalue weighted by atomic mass is 9.90. The molecule has 2 heteroatoms. The Kier molecular flexibility index (Phi) is 19.6. The molecule has 2 nitrogen and oxygen atoms in total. The van der Waals surface area contributed by atoms with Crippen LogP contribution in [0, 0.1) is 55.4 Å². The Labute approximate surface area is 354 Å². The van der Waals surface area contributed by atoms with E-state index < -0.39 is 0 Å². The van der Waals surface area contributed by atoms with Gasteiger partial charge in [0.25, 0.3) is 5.91 Å². The number of nitrogens with one attached hydrogen (secondary N) is 1. The maximum absolute atomic E-state index is 11.9. The van der Waals surface area contributed by atoms with E-state index in [1.807, 2.05) is 62.4 Å². The summed E-state index contributed by atoms with van der Waals surface area (Å²) in [4.78, 5) is 11.9. The zero-order chi connectivity index (χ0) is 40.9. The number of aryl methyl sites for hydroxylation is 10. The Balaban J connectivity index is 0.000000301. The minimum absolute atomic E-state index is 0. The molecule has 6 aromatic carbocycles. The molecule has 0 bridgehead atoms. The third-order valence-corrected chi connectivity index (χ3v) is 11.3. The second kappa shape index (κ2) is 23.3. The molecule has 1 N–H and O–H groups in total. The van der Waals surface area contributed by atoms with E-state index in [-0.39, 0.29) is 20.8 Å². The minimum atomic E-state index is -0.0751. The number of hydrogen-bond donors (Lipinski definition) is 1. The van der Waals surface area contributed by atoms with Gasteiger partial charge in [-0.3, -0.25) is 4.79 Å². The predicted octanol–water partition coefficient (Wildman–Crippen LogP) is 15.6. The standard InChI is InChI=1S/C23H32.C16H18.C15H15NO.2CH4/c1-7-20-12-18(13-21(8-2)16(20)5)11-19-14-22(9-3)17(6)23(10-4)15-19;1-11-5-7-15(9-13(11)3)16-8-6-12(2)14(4)10-16;1-11-3-7-13(8-4-11)15(17)16-14-9-5-12(2)6-10-14;;/h12-15H,7-11H2,1-6H3;5-10H,1-4H3;3-10H,1-2H3,(H,16,17);2*1H4. The zero-order valence-corrected chi connectivity index (χ0v) is 36.3. The second-order valence-corrected chi connectivity index (χ2v) is 15.5. The average molecular weight is 776 g/mol. The fourth-order valence-electron chi connectivity index (χ4n) is 7.12. The van der Waals surface area contributed by atoms with Gasteiger partial charge >= 0.3 is 0 Å². The van der Waals surface area contributed by atoms with Gasteiger partial charge < -0.3 is 5.32 Å². The van der Waals surface area contributed by atoms with Gasteiger partial charge in [0.1, 0.15) is 0 Å². The summed E-state index contributed by atoms with van der Waals surface area (Å²) in [6.45, 7) is 26.3. The summed E-state index contributed by atoms with van der Waals surface area (Å²) in [5, 5.41) is 2.87. The van der Waals surface area contributed by atoms with Gasteiger partial charge in [0, 0.05) is 11.3 Å². The summed E-state index contributed by atoms with van der Waals surface area (Å²) in [5.41, 5.74) is 23.8. The van der Waals surface area contributed by atoms with Crippen LogP contribution < -0.4 is 5.32 Å². The van der Waals surface area contributed by atoms with Crippen LogP contribution in [0.15, 0.2) is 109 Å². The van der Waals surface area contributed by atoms with Gasteiger partial charge in [0.05, 0.1) is 0 Å². The quantitative estimate of drug-likeness (QED) is 0.156. The number of amides is 1. The Bertz CT molecular complexity index is 2060. The number of carbonyl (C=O) groups excluding carboxylic acids is 1. The lowest BCUT2D eigenvalue weighted by Crippen LogP contribution is -2.11. The number of anilines is 1. The smallest absolute Gasteiger partial charge is 0.255 e. The fourth-order valence-corrected chi connectivity index (χ4v) is 7.12. The first kappa shape index (κ1) is 48.9. The van der Waals surface area contributed by atoms with E-state index >= 15 is 0 Å². The van der Waals surface area contributed by atoms with Crippen molar-refractivity contribution in [3.63, 3.8) is 0 Å². The van der Waals surface area contributed by atoms with E-state index in [0.717, 1.165) is 43.4 Å². The van der Waals surface area contributed by atoms with Gasteiger partial charge in [-0.05, 0) is 190 Å². The van der Waals surface area contributed by atoms with Crippen LogP contribution in [-0.4, -0.2) is 5.91 Å². The van der Waals surface area contributed by atoms with E-state index in [1.165, 1.54) is 83.5 Å². The molecule has 0 fully saturated rings. The lowest BCUT2D eigenvalue weighted by Gasteiger charge is -2.15. The molecule has 0 atom stereocenters. The molecule has 0 heterocycles. The maximum atomic E-state index is 11.9. The third-order valence-electron chi connectivity index (χ3n) is 11.3. The Morgan fingerprint density at radius 1 is 0.431 bits per heavy atom. The molecule has 0 radical (unpaired) electrons. The number of carbonyl (C=O) groups is 1. The molecule has 0 aromatic heterocycles. The van der Waals surface area contributed by atoms with E-state index in [1.54, 1.807) is 0 Å². The fraction of sp³-hybridized carbons (Fsp3) is 0.339. The Hall–Kier alpha value is -5.21. The van der Waals surface area contributed by atoms with Crippen molar-refractivity contribution in [2.24, 2.45) is 0 Å². The topological polar surface area (TPSA) is 29.1 Å². The molecule has 0 aliphatic heterocycles. The van der Waals surface area contributed by atoms with Gasteiger partial charge in [0.2, 0.25) is 0 Å². The van der Waals surface area contributed by atoms with Crippen molar-refractivity contribution in [3.8, 4) is 11.1 Å². The third kappa shape index (κ3) is 13.4. The molecule has 1 amide bonds. The molecule has 58 heavy (non-hydrogen) atoms. The van der Waals surface area contributed by atoms with Crippen molar-refractivity contribution < 1.29 is 4.79 Å². The number of hydrogen-bond acceptors (Lipinski definition) is 1. The molecular weight excluding hydrogens is 703 g/mol. The van der Waals surface area contributed by atoms with Gasteiger partial charge in [0.15, 0.2) is 0 Å². The molecular formula is C56H73NO. The first-order valence-corrected chi connectivity index (χ1v) is 20.6. The predicted molar refractivity (Wildman–Crippen MR) is 257 cm³/mol. The molecule has 0 aliphatic carbocycles. The van der Waals surface area contributed by atoms with E-state index in [4.69, 9.17) is 0 Å². The summed E-state index contributed by atoms with van der Waals surface area (Å²) in [7, 11) is 0. The highest BCUT2D eigenvalue weighted by Crippen LogP contribution is 2.26. The van der Waals surface area contributed by atoms with Crippen LogP contribution >= 0.6 is 0 Å². The van der Waals surface area contributed by atoms with Crippen LogP contribution in [0.3, 0.4) is 0 Å².